The predicted octanol–water partition coefficient (Wildman–Crippen LogP) is 3.50. The lowest BCUT2D eigenvalue weighted by molar-refractivity contribution is -0.385. The van der Waals surface area contributed by atoms with E-state index < -0.39 is 22.3 Å². The maximum absolute atomic E-state index is 14.0. The highest BCUT2D eigenvalue weighted by Gasteiger charge is 2.26. The summed E-state index contributed by atoms with van der Waals surface area (Å²) >= 11 is 6.37. The highest BCUT2D eigenvalue weighted by Crippen LogP contribution is 2.28. The van der Waals surface area contributed by atoms with Gasteiger partial charge in [0.1, 0.15) is 5.82 Å². The molecule has 1 amide bonds. The molecule has 9 heteroatoms. The topological polar surface area (TPSA) is 84.7 Å². The van der Waals surface area contributed by atoms with Crippen LogP contribution in [0, 0.1) is 22.9 Å². The van der Waals surface area contributed by atoms with E-state index in [1.165, 1.54) is 6.92 Å². The average Bonchev–Trinajstić information content (AvgIpc) is 2.71. The normalized spacial score (nSPS) is 15.7. The van der Waals surface area contributed by atoms with Crippen molar-refractivity contribution in [2.24, 2.45) is 0 Å². The van der Waals surface area contributed by atoms with E-state index in [0.717, 1.165) is 17.7 Å². The molecule has 2 aromatic rings. The van der Waals surface area contributed by atoms with Crippen LogP contribution in [0.5, 0.6) is 0 Å². The second-order valence-corrected chi connectivity index (χ2v) is 7.16. The Labute approximate surface area is 172 Å². The van der Waals surface area contributed by atoms with E-state index in [-0.39, 0.29) is 23.7 Å². The summed E-state index contributed by atoms with van der Waals surface area (Å²) in [6.07, 6.45) is 0. The number of nitro groups is 1. The van der Waals surface area contributed by atoms with Crippen molar-refractivity contribution < 1.29 is 18.8 Å². The van der Waals surface area contributed by atoms with Crippen molar-refractivity contribution >= 4 is 23.2 Å². The first-order chi connectivity index (χ1) is 13.9. The first kappa shape index (κ1) is 21.2. The van der Waals surface area contributed by atoms with Crippen LogP contribution >= 0.6 is 11.6 Å². The van der Waals surface area contributed by atoms with Gasteiger partial charge in [0.15, 0.2) is 0 Å². The lowest BCUT2D eigenvalue weighted by Gasteiger charge is -2.35. The molecule has 1 heterocycles. The number of ether oxygens (including phenoxy) is 1. The molecule has 0 aromatic heterocycles. The van der Waals surface area contributed by atoms with Crippen LogP contribution in [0.15, 0.2) is 36.4 Å². The van der Waals surface area contributed by atoms with Crippen molar-refractivity contribution in [2.45, 2.75) is 13.0 Å². The zero-order chi connectivity index (χ0) is 21.0. The number of benzene rings is 2. The minimum absolute atomic E-state index is 0.0975. The van der Waals surface area contributed by atoms with Crippen LogP contribution in [-0.2, 0) is 4.74 Å². The molecular formula is C20H21ClFN3O4. The number of amides is 1. The van der Waals surface area contributed by atoms with Gasteiger partial charge in [-0.3, -0.25) is 19.8 Å². The number of carbonyl (C=O) groups is 1. The van der Waals surface area contributed by atoms with Gasteiger partial charge in [0, 0.05) is 36.3 Å². The van der Waals surface area contributed by atoms with E-state index in [2.05, 4.69) is 10.2 Å². The monoisotopic (exact) mass is 421 g/mol. The summed E-state index contributed by atoms with van der Waals surface area (Å²) in [7, 11) is 0. The number of nitrogens with zero attached hydrogens (tertiary/aromatic N) is 2. The van der Waals surface area contributed by atoms with E-state index in [4.69, 9.17) is 16.3 Å². The van der Waals surface area contributed by atoms with Gasteiger partial charge >= 0.3 is 0 Å². The summed E-state index contributed by atoms with van der Waals surface area (Å²) < 4.78 is 19.4. The van der Waals surface area contributed by atoms with Gasteiger partial charge in [0.2, 0.25) is 0 Å². The Hall–Kier alpha value is -2.55. The van der Waals surface area contributed by atoms with Gasteiger partial charge in [-0.15, -0.1) is 0 Å². The summed E-state index contributed by atoms with van der Waals surface area (Å²) in [6.45, 7) is 4.02. The second kappa shape index (κ2) is 9.30. The number of morpholine rings is 1. The van der Waals surface area contributed by atoms with Crippen LogP contribution in [0.1, 0.15) is 27.5 Å². The highest BCUT2D eigenvalue weighted by molar-refractivity contribution is 6.31. The lowest BCUT2D eigenvalue weighted by Crippen LogP contribution is -2.44. The van der Waals surface area contributed by atoms with Crippen LogP contribution in [0.4, 0.5) is 10.1 Å². The van der Waals surface area contributed by atoms with Gasteiger partial charge in [0.25, 0.3) is 11.6 Å². The summed E-state index contributed by atoms with van der Waals surface area (Å²) in [5.41, 5.74) is 0.233. The summed E-state index contributed by atoms with van der Waals surface area (Å²) in [5, 5.41) is 14.5. The minimum Gasteiger partial charge on any atom is -0.379 e. The zero-order valence-corrected chi connectivity index (χ0v) is 16.6. The van der Waals surface area contributed by atoms with Crippen molar-refractivity contribution in [3.8, 4) is 0 Å². The van der Waals surface area contributed by atoms with Crippen molar-refractivity contribution in [3.05, 3.63) is 74.0 Å². The Morgan fingerprint density at radius 2 is 2.03 bits per heavy atom. The highest BCUT2D eigenvalue weighted by atomic mass is 35.5. The minimum atomic E-state index is -0.791. The number of carbonyl (C=O) groups excluding carboxylic acids is 1. The Kier molecular flexibility index (Phi) is 6.79. The molecule has 7 nitrogen and oxygen atoms in total. The molecule has 1 N–H and O–H groups in total. The van der Waals surface area contributed by atoms with Crippen LogP contribution in [0.25, 0.3) is 0 Å². The number of nitrogens with one attached hydrogen (secondary N) is 1. The molecule has 0 aliphatic carbocycles. The Morgan fingerprint density at radius 1 is 1.34 bits per heavy atom. The molecule has 29 heavy (non-hydrogen) atoms. The summed E-state index contributed by atoms with van der Waals surface area (Å²) in [6, 6.07) is 9.27. The molecule has 1 unspecified atom stereocenters. The molecule has 3 rings (SSSR count). The molecule has 1 fully saturated rings. The fourth-order valence-corrected chi connectivity index (χ4v) is 3.61. The third-order valence-corrected chi connectivity index (χ3v) is 5.33. The summed E-state index contributed by atoms with van der Waals surface area (Å²) in [5.74, 6) is -1.38. The van der Waals surface area contributed by atoms with E-state index in [9.17, 15) is 19.3 Å². The summed E-state index contributed by atoms with van der Waals surface area (Å²) in [4.78, 5) is 25.2. The molecule has 0 spiro atoms. The lowest BCUT2D eigenvalue weighted by atomic mass is 10.0. The third kappa shape index (κ3) is 4.90. The molecule has 1 aliphatic heterocycles. The number of halogens is 2. The first-order valence-corrected chi connectivity index (χ1v) is 9.55. The molecule has 1 atom stereocenters. The second-order valence-electron chi connectivity index (χ2n) is 6.75. The zero-order valence-electron chi connectivity index (χ0n) is 15.9. The van der Waals surface area contributed by atoms with Crippen molar-refractivity contribution in [3.63, 3.8) is 0 Å². The molecule has 0 radical (unpaired) electrons. The molecule has 1 saturated heterocycles. The van der Waals surface area contributed by atoms with Crippen LogP contribution in [0.3, 0.4) is 0 Å². The fourth-order valence-electron chi connectivity index (χ4n) is 3.35. The smallest absolute Gasteiger partial charge is 0.276 e. The van der Waals surface area contributed by atoms with Crippen LogP contribution in [0.2, 0.25) is 5.02 Å². The Bertz CT molecular complexity index is 919. The Morgan fingerprint density at radius 3 is 2.69 bits per heavy atom. The molecule has 154 valence electrons. The van der Waals surface area contributed by atoms with E-state index in [1.54, 1.807) is 6.07 Å². The molecule has 0 saturated carbocycles. The average molecular weight is 422 g/mol. The first-order valence-electron chi connectivity index (χ1n) is 9.17. The molecule has 0 bridgehead atoms. The fraction of sp³-hybridized carbons (Fsp3) is 0.350. The standard InChI is InChI=1S/C20H21ClFN3O4/c1-13-17(22)10-14(11-18(13)25(27)28)20(26)23-12-19(24-6-8-29-9-7-24)15-4-2-3-5-16(15)21/h2-5,10-11,19H,6-9,12H2,1H3,(H,23,26). The van der Waals surface area contributed by atoms with E-state index >= 15 is 0 Å². The van der Waals surface area contributed by atoms with Gasteiger partial charge in [-0.25, -0.2) is 4.39 Å². The van der Waals surface area contributed by atoms with Crippen molar-refractivity contribution in [2.75, 3.05) is 32.8 Å². The van der Waals surface area contributed by atoms with E-state index in [0.29, 0.717) is 31.3 Å². The molecule has 2 aromatic carbocycles. The SMILES string of the molecule is Cc1c(F)cc(C(=O)NCC(c2ccccc2Cl)N2CCOCC2)cc1[N+](=O)[O-]. The van der Waals surface area contributed by atoms with Gasteiger partial charge in [-0.2, -0.15) is 0 Å². The number of rotatable bonds is 6. The van der Waals surface area contributed by atoms with E-state index in [1.807, 2.05) is 18.2 Å². The largest absolute Gasteiger partial charge is 0.379 e. The van der Waals surface area contributed by atoms with Crippen molar-refractivity contribution in [1.82, 2.24) is 10.2 Å². The molecule has 1 aliphatic rings. The van der Waals surface area contributed by atoms with Crippen molar-refractivity contribution in [1.29, 1.82) is 0 Å². The van der Waals surface area contributed by atoms with Gasteiger partial charge in [-0.05, 0) is 24.6 Å². The Balaban J connectivity index is 1.81. The molecular weight excluding hydrogens is 401 g/mol. The number of hydrogen-bond donors (Lipinski definition) is 1. The maximum Gasteiger partial charge on any atom is 0.276 e. The van der Waals surface area contributed by atoms with Crippen LogP contribution < -0.4 is 5.32 Å². The van der Waals surface area contributed by atoms with Gasteiger partial charge in [0.05, 0.1) is 29.7 Å². The predicted molar refractivity (Wildman–Crippen MR) is 107 cm³/mol. The third-order valence-electron chi connectivity index (χ3n) is 4.98. The maximum atomic E-state index is 14.0. The number of nitro benzene ring substituents is 1. The van der Waals surface area contributed by atoms with Crippen LogP contribution in [-0.4, -0.2) is 48.6 Å². The van der Waals surface area contributed by atoms with Gasteiger partial charge in [-0.1, -0.05) is 29.8 Å². The van der Waals surface area contributed by atoms with Gasteiger partial charge < -0.3 is 10.1 Å². The number of hydrogen-bond acceptors (Lipinski definition) is 5. The quantitative estimate of drug-likeness (QED) is 0.570.